The molecule has 1 atom stereocenters. The maximum absolute atomic E-state index is 13.1. The fourth-order valence-corrected chi connectivity index (χ4v) is 8.83. The molecule has 1 aromatic rings. The molecule has 2 fully saturated rings. The lowest BCUT2D eigenvalue weighted by atomic mass is 10.1. The van der Waals surface area contributed by atoms with Crippen molar-refractivity contribution in [3.63, 3.8) is 0 Å². The second-order valence-corrected chi connectivity index (χ2v) is 13.3. The summed E-state index contributed by atoms with van der Waals surface area (Å²) in [7, 11) is -9.66. The smallest absolute Gasteiger partial charge is 0.243 e. The molecule has 156 valence electrons. The first-order valence-electron chi connectivity index (χ1n) is 8.62. The zero-order valence-electron chi connectivity index (χ0n) is 15.7. The molecule has 0 aliphatic carbocycles. The molecule has 1 aromatic carbocycles. The van der Waals surface area contributed by atoms with Crippen LogP contribution in [0.3, 0.4) is 0 Å². The lowest BCUT2D eigenvalue weighted by Gasteiger charge is -2.25. The molecule has 1 amide bonds. The van der Waals surface area contributed by atoms with Gasteiger partial charge in [0.05, 0.1) is 27.8 Å². The summed E-state index contributed by atoms with van der Waals surface area (Å²) in [6.07, 6.45) is 0.119. The van der Waals surface area contributed by atoms with E-state index in [-0.39, 0.29) is 51.8 Å². The van der Waals surface area contributed by atoms with Gasteiger partial charge < -0.3 is 0 Å². The maximum Gasteiger partial charge on any atom is 0.243 e. The van der Waals surface area contributed by atoms with E-state index in [1.807, 2.05) is 0 Å². The number of nitrogens with zero attached hydrogens (tertiary/aromatic N) is 2. The monoisotopic (exact) mass is 450 g/mol. The van der Waals surface area contributed by atoms with Crippen LogP contribution >= 0.6 is 0 Å². The summed E-state index contributed by atoms with van der Waals surface area (Å²) in [6, 6.07) is 2.08. The van der Waals surface area contributed by atoms with Gasteiger partial charge in [0, 0.05) is 19.5 Å². The Balaban J connectivity index is 2.03. The number of carbonyl (C=O) groups excluding carboxylic acids is 1. The third-order valence-electron chi connectivity index (χ3n) is 5.12. The van der Waals surface area contributed by atoms with Crippen molar-refractivity contribution in [1.29, 1.82) is 0 Å². The van der Waals surface area contributed by atoms with Crippen molar-refractivity contribution >= 4 is 41.5 Å². The number of hydrogen-bond acceptors (Lipinski definition) is 7. The van der Waals surface area contributed by atoms with Gasteiger partial charge in [-0.1, -0.05) is 0 Å². The largest absolute Gasteiger partial charge is 0.273 e. The Labute approximate surface area is 165 Å². The topological polar surface area (TPSA) is 126 Å². The standard InChI is InChI=1S/C16H22N2O7S3/c1-11-8-14(18-15(19)5-7-27(18,22)23)9-12(2)16(11)28(24,25)17(3)13-4-6-26(20,21)10-13/h8-9,13H,4-7,10H2,1-3H3/t13-/m0/s1. The van der Waals surface area contributed by atoms with Gasteiger partial charge in [-0.25, -0.2) is 29.6 Å². The van der Waals surface area contributed by atoms with E-state index >= 15 is 0 Å². The van der Waals surface area contributed by atoms with Crippen LogP contribution in [0.1, 0.15) is 24.0 Å². The minimum Gasteiger partial charge on any atom is -0.273 e. The summed E-state index contributed by atoms with van der Waals surface area (Å²) in [6.45, 7) is 3.05. The molecule has 3 rings (SSSR count). The van der Waals surface area contributed by atoms with Crippen LogP contribution in [-0.4, -0.2) is 65.8 Å². The van der Waals surface area contributed by atoms with Crippen LogP contribution in [0.4, 0.5) is 5.69 Å². The average molecular weight is 451 g/mol. The number of carbonyl (C=O) groups is 1. The first kappa shape index (κ1) is 21.2. The van der Waals surface area contributed by atoms with Crippen molar-refractivity contribution in [2.24, 2.45) is 0 Å². The number of anilines is 1. The molecule has 2 aliphatic heterocycles. The van der Waals surface area contributed by atoms with Crippen molar-refractivity contribution in [3.8, 4) is 0 Å². The number of benzene rings is 1. The molecule has 0 N–H and O–H groups in total. The first-order chi connectivity index (χ1) is 12.8. The van der Waals surface area contributed by atoms with Gasteiger partial charge in [-0.2, -0.15) is 4.31 Å². The lowest BCUT2D eigenvalue weighted by molar-refractivity contribution is -0.116. The van der Waals surface area contributed by atoms with Crippen LogP contribution < -0.4 is 4.31 Å². The third kappa shape index (κ3) is 3.58. The molecule has 2 heterocycles. The fourth-order valence-electron chi connectivity index (χ4n) is 3.72. The van der Waals surface area contributed by atoms with E-state index < -0.39 is 41.8 Å². The zero-order valence-corrected chi connectivity index (χ0v) is 18.2. The quantitative estimate of drug-likeness (QED) is 0.640. The first-order valence-corrected chi connectivity index (χ1v) is 13.5. The van der Waals surface area contributed by atoms with Gasteiger partial charge >= 0.3 is 0 Å². The number of sulfonamides is 2. The maximum atomic E-state index is 13.1. The minimum absolute atomic E-state index is 0.00732. The predicted octanol–water partition coefficient (Wildman–Crippen LogP) is 0.178. The van der Waals surface area contributed by atoms with Gasteiger partial charge in [0.15, 0.2) is 9.84 Å². The van der Waals surface area contributed by atoms with Crippen molar-refractivity contribution in [1.82, 2.24) is 4.31 Å². The van der Waals surface area contributed by atoms with Crippen LogP contribution in [0.2, 0.25) is 0 Å². The molecule has 2 saturated heterocycles. The van der Waals surface area contributed by atoms with Gasteiger partial charge in [-0.15, -0.1) is 0 Å². The number of sulfone groups is 1. The minimum atomic E-state index is -4.00. The van der Waals surface area contributed by atoms with E-state index in [0.717, 1.165) is 8.61 Å². The third-order valence-corrected chi connectivity index (χ3v) is 10.8. The number of amides is 1. The van der Waals surface area contributed by atoms with Gasteiger partial charge in [0.1, 0.15) is 0 Å². The highest BCUT2D eigenvalue weighted by atomic mass is 32.2. The summed E-state index contributed by atoms with van der Waals surface area (Å²) in [5.74, 6) is -1.10. The van der Waals surface area contributed by atoms with Crippen molar-refractivity contribution < 1.29 is 30.0 Å². The molecular formula is C16H22N2O7S3. The van der Waals surface area contributed by atoms with Crippen molar-refractivity contribution in [2.75, 3.05) is 28.6 Å². The van der Waals surface area contributed by atoms with Gasteiger partial charge in [-0.3, -0.25) is 4.79 Å². The molecule has 0 unspecified atom stereocenters. The normalized spacial score (nSPS) is 24.2. The number of aryl methyl sites for hydroxylation is 2. The summed E-state index contributed by atoms with van der Waals surface area (Å²) in [4.78, 5) is 12.0. The Morgan fingerprint density at radius 1 is 1.07 bits per heavy atom. The highest BCUT2D eigenvalue weighted by Crippen LogP contribution is 2.33. The molecule has 0 radical (unpaired) electrons. The molecule has 0 bridgehead atoms. The molecule has 0 spiro atoms. The highest BCUT2D eigenvalue weighted by molar-refractivity contribution is 7.94. The Kier molecular flexibility index (Phi) is 5.14. The Hall–Kier alpha value is -1.50. The Morgan fingerprint density at radius 3 is 2.07 bits per heavy atom. The van der Waals surface area contributed by atoms with Crippen LogP contribution in [0, 0.1) is 13.8 Å². The molecule has 0 aromatic heterocycles. The van der Waals surface area contributed by atoms with Gasteiger partial charge in [0.25, 0.3) is 0 Å². The molecule has 28 heavy (non-hydrogen) atoms. The summed E-state index contributed by atoms with van der Waals surface area (Å²) in [5.41, 5.74) is 0.692. The molecule has 2 aliphatic rings. The summed E-state index contributed by atoms with van der Waals surface area (Å²) in [5, 5.41) is 0. The van der Waals surface area contributed by atoms with Crippen molar-refractivity contribution in [2.45, 2.75) is 37.6 Å². The highest BCUT2D eigenvalue weighted by Gasteiger charge is 2.39. The number of hydrogen-bond donors (Lipinski definition) is 0. The second kappa shape index (κ2) is 6.78. The van der Waals surface area contributed by atoms with E-state index in [1.54, 1.807) is 0 Å². The zero-order chi connectivity index (χ0) is 21.1. The van der Waals surface area contributed by atoms with Crippen LogP contribution in [0.25, 0.3) is 0 Å². The second-order valence-electron chi connectivity index (χ2n) is 7.21. The molecule has 0 saturated carbocycles. The van der Waals surface area contributed by atoms with E-state index in [9.17, 15) is 30.0 Å². The summed E-state index contributed by atoms with van der Waals surface area (Å²) >= 11 is 0. The molecular weight excluding hydrogens is 428 g/mol. The Bertz CT molecular complexity index is 1130. The van der Waals surface area contributed by atoms with Gasteiger partial charge in [-0.05, 0) is 43.5 Å². The lowest BCUT2D eigenvalue weighted by Crippen LogP contribution is -2.38. The Morgan fingerprint density at radius 2 is 1.64 bits per heavy atom. The predicted molar refractivity (Wildman–Crippen MR) is 104 cm³/mol. The van der Waals surface area contributed by atoms with Crippen LogP contribution in [0.15, 0.2) is 17.0 Å². The van der Waals surface area contributed by atoms with E-state index in [2.05, 4.69) is 0 Å². The molecule has 12 heteroatoms. The van der Waals surface area contributed by atoms with E-state index in [4.69, 9.17) is 0 Å². The van der Waals surface area contributed by atoms with Gasteiger partial charge in [0.2, 0.25) is 26.0 Å². The van der Waals surface area contributed by atoms with Crippen LogP contribution in [0.5, 0.6) is 0 Å². The van der Waals surface area contributed by atoms with Crippen molar-refractivity contribution in [3.05, 3.63) is 23.3 Å². The van der Waals surface area contributed by atoms with E-state index in [1.165, 1.54) is 33.0 Å². The number of rotatable bonds is 4. The van der Waals surface area contributed by atoms with Crippen LogP contribution in [-0.2, 0) is 34.7 Å². The molecule has 9 nitrogen and oxygen atoms in total. The SMILES string of the molecule is Cc1cc(N2C(=O)CCS2(=O)=O)cc(C)c1S(=O)(=O)N(C)[C@H]1CCS(=O)(=O)C1. The fraction of sp³-hybridized carbons (Fsp3) is 0.562. The van der Waals surface area contributed by atoms with E-state index in [0.29, 0.717) is 0 Å². The summed E-state index contributed by atoms with van der Waals surface area (Å²) < 4.78 is 75.8. The average Bonchev–Trinajstić information content (AvgIpc) is 3.04.